The number of fused-ring (bicyclic) bond motifs is 7. The third-order valence-corrected chi connectivity index (χ3v) is 10.9. The van der Waals surface area contributed by atoms with E-state index in [1.807, 2.05) is 12.1 Å². The zero-order valence-electron chi connectivity index (χ0n) is 24.3. The SMILES string of the molecule is CCCCCC(C)c1c2n(c3cc(C(=O)NS(=O)(=O)C(C)(C)C)ccc13)CC1(C=O)CC1c1cc(OC)ccc1-2. The molecule has 5 rings (SSSR count). The topological polar surface area (TPSA) is 94.5 Å². The number of hydrogen-bond acceptors (Lipinski definition) is 5. The minimum absolute atomic E-state index is 0.108. The summed E-state index contributed by atoms with van der Waals surface area (Å²) in [6.45, 7) is 9.64. The highest BCUT2D eigenvalue weighted by molar-refractivity contribution is 7.91. The average molecular weight is 565 g/mol. The smallest absolute Gasteiger partial charge is 0.264 e. The maximum atomic E-state index is 13.2. The molecule has 1 aliphatic heterocycles. The normalized spacial score (nSPS) is 20.6. The summed E-state index contributed by atoms with van der Waals surface area (Å²) in [4.78, 5) is 25.7. The Morgan fingerprint density at radius 2 is 1.95 bits per heavy atom. The predicted molar refractivity (Wildman–Crippen MR) is 158 cm³/mol. The number of sulfonamides is 1. The number of nitrogens with one attached hydrogen (secondary N) is 1. The minimum atomic E-state index is -3.87. The average Bonchev–Trinajstić information content (AvgIpc) is 3.56. The summed E-state index contributed by atoms with van der Waals surface area (Å²) < 4.78 is 34.4. The molecule has 40 heavy (non-hydrogen) atoms. The Morgan fingerprint density at radius 3 is 2.60 bits per heavy atom. The first-order valence-corrected chi connectivity index (χ1v) is 15.7. The number of carbonyl (C=O) groups excluding carboxylic acids is 2. The molecular weight excluding hydrogens is 524 g/mol. The van der Waals surface area contributed by atoms with Crippen LogP contribution in [0.4, 0.5) is 0 Å². The molecule has 214 valence electrons. The Bertz CT molecular complexity index is 1600. The molecule has 0 saturated heterocycles. The molecule has 1 aromatic heterocycles. The minimum Gasteiger partial charge on any atom is -0.497 e. The number of hydrogen-bond donors (Lipinski definition) is 1. The molecule has 8 heteroatoms. The monoisotopic (exact) mass is 564 g/mol. The van der Waals surface area contributed by atoms with E-state index < -0.39 is 26.1 Å². The van der Waals surface area contributed by atoms with Crippen LogP contribution < -0.4 is 9.46 Å². The molecule has 1 fully saturated rings. The molecule has 1 amide bonds. The zero-order chi connectivity index (χ0) is 29.0. The highest BCUT2D eigenvalue weighted by Gasteiger charge is 2.58. The Morgan fingerprint density at radius 1 is 1.20 bits per heavy atom. The van der Waals surface area contributed by atoms with E-state index in [1.54, 1.807) is 40.0 Å². The molecule has 0 spiro atoms. The van der Waals surface area contributed by atoms with Crippen molar-refractivity contribution >= 4 is 33.1 Å². The number of amides is 1. The third kappa shape index (κ3) is 4.64. The van der Waals surface area contributed by atoms with Crippen LogP contribution in [-0.2, 0) is 21.4 Å². The van der Waals surface area contributed by atoms with Gasteiger partial charge >= 0.3 is 0 Å². The summed E-state index contributed by atoms with van der Waals surface area (Å²) in [6, 6.07) is 11.6. The molecule has 0 bridgehead atoms. The summed E-state index contributed by atoms with van der Waals surface area (Å²) in [7, 11) is -2.21. The summed E-state index contributed by atoms with van der Waals surface area (Å²) in [5.41, 5.74) is 5.14. The first-order valence-electron chi connectivity index (χ1n) is 14.2. The molecule has 1 aliphatic carbocycles. The lowest BCUT2D eigenvalue weighted by atomic mass is 9.88. The van der Waals surface area contributed by atoms with E-state index in [-0.39, 0.29) is 17.4 Å². The predicted octanol–water partition coefficient (Wildman–Crippen LogP) is 6.55. The fraction of sp³-hybridized carbons (Fsp3) is 0.500. The fourth-order valence-electron chi connectivity index (χ4n) is 6.20. The van der Waals surface area contributed by atoms with E-state index in [0.717, 1.165) is 71.9 Å². The van der Waals surface area contributed by atoms with Crippen LogP contribution in [0.15, 0.2) is 36.4 Å². The molecule has 3 unspecified atom stereocenters. The number of unbranched alkanes of at least 4 members (excludes halogenated alkanes) is 2. The van der Waals surface area contributed by atoms with E-state index in [4.69, 9.17) is 4.74 Å². The van der Waals surface area contributed by atoms with Gasteiger partial charge in [-0.3, -0.25) is 4.79 Å². The molecule has 1 N–H and O–H groups in total. The van der Waals surface area contributed by atoms with Crippen molar-refractivity contribution in [1.29, 1.82) is 0 Å². The molecule has 3 atom stereocenters. The molecule has 1 saturated carbocycles. The number of aldehydes is 1. The van der Waals surface area contributed by atoms with E-state index in [0.29, 0.717) is 6.54 Å². The molecular formula is C32H40N2O5S. The lowest BCUT2D eigenvalue weighted by Gasteiger charge is -2.19. The lowest BCUT2D eigenvalue weighted by Crippen LogP contribution is -2.42. The number of methoxy groups -OCH3 is 1. The van der Waals surface area contributed by atoms with E-state index >= 15 is 0 Å². The quantitative estimate of drug-likeness (QED) is 0.235. The standard InChI is InChI=1S/C32H40N2O5S/c1-7-8-9-10-20(2)28-24-13-11-21(30(36)33-40(37,38)31(3,4)5)15-27(24)34-18-32(19-35)17-26(32)25-16-22(39-6)12-14-23(25)29(28)34/h11-16,19-20,26H,7-10,17-18H2,1-6H3,(H,33,36). The second-order valence-corrected chi connectivity index (χ2v) is 15.0. The van der Waals surface area contributed by atoms with Crippen LogP contribution in [0.5, 0.6) is 5.75 Å². The number of ether oxygens (including phenoxy) is 1. The van der Waals surface area contributed by atoms with Crippen molar-refractivity contribution in [2.24, 2.45) is 5.41 Å². The second kappa shape index (κ2) is 10.1. The van der Waals surface area contributed by atoms with Crippen molar-refractivity contribution in [2.75, 3.05) is 7.11 Å². The van der Waals surface area contributed by atoms with Gasteiger partial charge in [-0.2, -0.15) is 0 Å². The number of rotatable bonds is 9. The first-order chi connectivity index (χ1) is 18.9. The second-order valence-electron chi connectivity index (χ2n) is 12.6. The van der Waals surface area contributed by atoms with Crippen molar-refractivity contribution < 1.29 is 22.7 Å². The van der Waals surface area contributed by atoms with Crippen LogP contribution in [0.3, 0.4) is 0 Å². The van der Waals surface area contributed by atoms with E-state index in [9.17, 15) is 18.0 Å². The van der Waals surface area contributed by atoms with Gasteiger partial charge in [0.2, 0.25) is 10.0 Å². The van der Waals surface area contributed by atoms with E-state index in [1.165, 1.54) is 5.56 Å². The van der Waals surface area contributed by atoms with Crippen molar-refractivity contribution in [2.45, 2.75) is 89.9 Å². The number of nitrogens with zero attached hydrogens (tertiary/aromatic N) is 1. The van der Waals surface area contributed by atoms with Crippen molar-refractivity contribution in [1.82, 2.24) is 9.29 Å². The largest absolute Gasteiger partial charge is 0.497 e. The Balaban J connectivity index is 1.72. The fourth-order valence-corrected chi connectivity index (χ4v) is 6.87. The van der Waals surface area contributed by atoms with Crippen LogP contribution in [0.25, 0.3) is 22.2 Å². The molecule has 2 aliphatic rings. The Kier molecular flexibility index (Phi) is 7.14. The van der Waals surface area contributed by atoms with Crippen LogP contribution in [0, 0.1) is 5.41 Å². The number of benzene rings is 2. The van der Waals surface area contributed by atoms with Crippen molar-refractivity contribution in [3.63, 3.8) is 0 Å². The third-order valence-electron chi connectivity index (χ3n) is 8.83. The van der Waals surface area contributed by atoms with Gasteiger partial charge in [-0.15, -0.1) is 0 Å². The van der Waals surface area contributed by atoms with Gasteiger partial charge in [-0.05, 0) is 86.9 Å². The Hall–Kier alpha value is -3.13. The maximum absolute atomic E-state index is 13.2. The first kappa shape index (κ1) is 28.4. The van der Waals surface area contributed by atoms with Gasteiger partial charge in [0.15, 0.2) is 0 Å². The summed E-state index contributed by atoms with van der Waals surface area (Å²) in [5, 5.41) is 1.04. The number of aromatic nitrogens is 1. The van der Waals surface area contributed by atoms with Crippen LogP contribution in [0.1, 0.15) is 100 Å². The maximum Gasteiger partial charge on any atom is 0.264 e. The lowest BCUT2D eigenvalue weighted by molar-refractivity contribution is -0.112. The zero-order valence-corrected chi connectivity index (χ0v) is 25.2. The molecule has 7 nitrogen and oxygen atoms in total. The molecule has 0 radical (unpaired) electrons. The van der Waals surface area contributed by atoms with Crippen LogP contribution in [-0.4, -0.2) is 37.0 Å². The molecule has 3 aromatic rings. The summed E-state index contributed by atoms with van der Waals surface area (Å²) in [6.07, 6.45) is 6.31. The van der Waals surface area contributed by atoms with Gasteiger partial charge in [0.05, 0.1) is 23.0 Å². The van der Waals surface area contributed by atoms with Gasteiger partial charge in [0.1, 0.15) is 12.0 Å². The highest BCUT2D eigenvalue weighted by Crippen LogP contribution is 2.64. The summed E-state index contributed by atoms with van der Waals surface area (Å²) >= 11 is 0. The number of carbonyl (C=O) groups is 2. The molecule has 2 aromatic carbocycles. The Labute approximate surface area is 237 Å². The van der Waals surface area contributed by atoms with Gasteiger partial charge in [0, 0.05) is 28.6 Å². The van der Waals surface area contributed by atoms with Gasteiger partial charge < -0.3 is 14.1 Å². The molecule has 2 heterocycles. The van der Waals surface area contributed by atoms with Gasteiger partial charge in [-0.25, -0.2) is 13.1 Å². The van der Waals surface area contributed by atoms with Crippen LogP contribution in [0.2, 0.25) is 0 Å². The van der Waals surface area contributed by atoms with Crippen molar-refractivity contribution in [3.8, 4) is 17.0 Å². The summed E-state index contributed by atoms with van der Waals surface area (Å²) in [5.74, 6) is 0.476. The van der Waals surface area contributed by atoms with Gasteiger partial charge in [0.25, 0.3) is 5.91 Å². The van der Waals surface area contributed by atoms with Crippen LogP contribution >= 0.6 is 0 Å². The van der Waals surface area contributed by atoms with Gasteiger partial charge in [-0.1, -0.05) is 39.2 Å². The van der Waals surface area contributed by atoms with Crippen molar-refractivity contribution in [3.05, 3.63) is 53.1 Å². The highest BCUT2D eigenvalue weighted by atomic mass is 32.2. The van der Waals surface area contributed by atoms with E-state index in [2.05, 4.69) is 35.3 Å².